The van der Waals surface area contributed by atoms with Gasteiger partial charge in [-0.05, 0) is 48.9 Å². The summed E-state index contributed by atoms with van der Waals surface area (Å²) in [6.45, 7) is 2.00. The van der Waals surface area contributed by atoms with E-state index >= 15 is 0 Å². The SMILES string of the molecule is Cc1ccc2nc(COc3cccc(NC(=O)Nc4cccc(F)c4)c3)cc(=O)n2c1. The predicted octanol–water partition coefficient (Wildman–Crippen LogP) is 4.37. The molecule has 0 unspecified atom stereocenters. The Bertz CT molecular complexity index is 1320. The second-order valence-corrected chi connectivity index (χ2v) is 6.93. The van der Waals surface area contributed by atoms with Crippen molar-refractivity contribution in [3.05, 3.63) is 100 Å². The van der Waals surface area contributed by atoms with Gasteiger partial charge in [-0.1, -0.05) is 18.2 Å². The van der Waals surface area contributed by atoms with E-state index in [2.05, 4.69) is 15.6 Å². The van der Waals surface area contributed by atoms with E-state index in [9.17, 15) is 14.0 Å². The standard InChI is InChI=1S/C23H19FN4O3/c1-15-8-9-21-25-19(12-22(29)28(21)13-15)14-31-20-7-3-6-18(11-20)27-23(30)26-17-5-2-4-16(24)10-17/h2-13H,14H2,1H3,(H2,26,27,30). The van der Waals surface area contributed by atoms with Gasteiger partial charge in [-0.15, -0.1) is 0 Å². The summed E-state index contributed by atoms with van der Waals surface area (Å²) in [5.41, 5.74) is 2.65. The van der Waals surface area contributed by atoms with Gasteiger partial charge in [0.2, 0.25) is 0 Å². The minimum absolute atomic E-state index is 0.0958. The lowest BCUT2D eigenvalue weighted by atomic mass is 10.3. The van der Waals surface area contributed by atoms with Gasteiger partial charge in [0, 0.05) is 29.7 Å². The fourth-order valence-corrected chi connectivity index (χ4v) is 3.01. The van der Waals surface area contributed by atoms with Gasteiger partial charge >= 0.3 is 6.03 Å². The number of carbonyl (C=O) groups is 1. The molecule has 0 saturated carbocycles. The number of hydrogen-bond donors (Lipinski definition) is 2. The number of rotatable bonds is 5. The van der Waals surface area contributed by atoms with Gasteiger partial charge in [0.25, 0.3) is 5.56 Å². The van der Waals surface area contributed by atoms with Crippen molar-refractivity contribution < 1.29 is 13.9 Å². The largest absolute Gasteiger partial charge is 0.487 e. The second kappa shape index (κ2) is 8.66. The number of halogens is 1. The number of aromatic nitrogens is 2. The molecule has 0 aliphatic carbocycles. The average molecular weight is 418 g/mol. The molecule has 0 atom stereocenters. The minimum atomic E-state index is -0.512. The Labute approximate surface area is 177 Å². The zero-order chi connectivity index (χ0) is 21.8. The molecule has 0 radical (unpaired) electrons. The molecule has 4 aromatic rings. The van der Waals surface area contributed by atoms with Crippen LogP contribution in [0.4, 0.5) is 20.6 Å². The maximum atomic E-state index is 13.2. The first-order valence-corrected chi connectivity index (χ1v) is 9.52. The van der Waals surface area contributed by atoms with Crippen LogP contribution in [0.3, 0.4) is 0 Å². The molecule has 0 saturated heterocycles. The van der Waals surface area contributed by atoms with Crippen molar-refractivity contribution in [2.24, 2.45) is 0 Å². The number of benzene rings is 2. The molecular formula is C23H19FN4O3. The highest BCUT2D eigenvalue weighted by Gasteiger charge is 2.07. The topological polar surface area (TPSA) is 84.7 Å². The van der Waals surface area contributed by atoms with Crippen molar-refractivity contribution in [3.8, 4) is 5.75 Å². The molecule has 0 spiro atoms. The highest BCUT2D eigenvalue weighted by Crippen LogP contribution is 2.19. The van der Waals surface area contributed by atoms with Gasteiger partial charge in [-0.25, -0.2) is 14.2 Å². The van der Waals surface area contributed by atoms with Crippen molar-refractivity contribution >= 4 is 23.1 Å². The highest BCUT2D eigenvalue weighted by atomic mass is 19.1. The number of carbonyl (C=O) groups excluding carboxylic acids is 1. The minimum Gasteiger partial charge on any atom is -0.487 e. The van der Waals surface area contributed by atoms with E-state index in [4.69, 9.17) is 4.74 Å². The van der Waals surface area contributed by atoms with Crippen molar-refractivity contribution in [1.29, 1.82) is 0 Å². The Morgan fingerprint density at radius 3 is 2.55 bits per heavy atom. The fraction of sp³-hybridized carbons (Fsp3) is 0.0870. The van der Waals surface area contributed by atoms with E-state index in [-0.39, 0.29) is 12.2 Å². The van der Waals surface area contributed by atoms with Crippen molar-refractivity contribution in [1.82, 2.24) is 9.38 Å². The number of aryl methyl sites for hydroxylation is 1. The van der Waals surface area contributed by atoms with Gasteiger partial charge in [0.1, 0.15) is 23.8 Å². The Morgan fingerprint density at radius 2 is 1.77 bits per heavy atom. The lowest BCUT2D eigenvalue weighted by Crippen LogP contribution is -2.19. The van der Waals surface area contributed by atoms with Crippen LogP contribution in [-0.4, -0.2) is 15.4 Å². The number of urea groups is 1. The van der Waals surface area contributed by atoms with Crippen LogP contribution in [0.25, 0.3) is 5.65 Å². The molecule has 0 aliphatic heterocycles. The molecule has 31 heavy (non-hydrogen) atoms. The average Bonchev–Trinajstić information content (AvgIpc) is 2.73. The molecule has 7 nitrogen and oxygen atoms in total. The van der Waals surface area contributed by atoms with E-state index in [0.29, 0.717) is 28.5 Å². The normalized spacial score (nSPS) is 10.6. The summed E-state index contributed by atoms with van der Waals surface area (Å²) in [5.74, 6) is 0.0553. The van der Waals surface area contributed by atoms with Crippen LogP contribution in [0.2, 0.25) is 0 Å². The van der Waals surface area contributed by atoms with Gasteiger partial charge in [0.15, 0.2) is 0 Å². The molecular weight excluding hydrogens is 399 g/mol. The number of fused-ring (bicyclic) bond motifs is 1. The van der Waals surface area contributed by atoms with Crippen LogP contribution >= 0.6 is 0 Å². The number of nitrogens with zero attached hydrogens (tertiary/aromatic N) is 2. The number of amides is 2. The quantitative estimate of drug-likeness (QED) is 0.504. The summed E-state index contributed by atoms with van der Waals surface area (Å²) in [4.78, 5) is 28.9. The lowest BCUT2D eigenvalue weighted by Gasteiger charge is -2.10. The monoisotopic (exact) mass is 418 g/mol. The third-order valence-corrected chi connectivity index (χ3v) is 4.42. The third-order valence-electron chi connectivity index (χ3n) is 4.42. The van der Waals surface area contributed by atoms with E-state index in [1.165, 1.54) is 28.7 Å². The van der Waals surface area contributed by atoms with Crippen LogP contribution in [0, 0.1) is 12.7 Å². The zero-order valence-electron chi connectivity index (χ0n) is 16.6. The lowest BCUT2D eigenvalue weighted by molar-refractivity contribution is 0.262. The van der Waals surface area contributed by atoms with Gasteiger partial charge in [0.05, 0.1) is 5.69 Å². The second-order valence-electron chi connectivity index (χ2n) is 6.93. The van der Waals surface area contributed by atoms with Crippen molar-refractivity contribution in [2.75, 3.05) is 10.6 Å². The number of nitrogens with one attached hydrogen (secondary N) is 2. The van der Waals surface area contributed by atoms with Crippen molar-refractivity contribution in [2.45, 2.75) is 13.5 Å². The Hall–Kier alpha value is -4.20. The molecule has 8 heteroatoms. The van der Waals surface area contributed by atoms with Crippen LogP contribution in [0.5, 0.6) is 5.75 Å². The number of hydrogen-bond acceptors (Lipinski definition) is 4. The fourth-order valence-electron chi connectivity index (χ4n) is 3.01. The van der Waals surface area contributed by atoms with Crippen LogP contribution < -0.4 is 20.9 Å². The van der Waals surface area contributed by atoms with E-state index in [0.717, 1.165) is 5.56 Å². The number of ether oxygens (including phenoxy) is 1. The zero-order valence-corrected chi connectivity index (χ0v) is 16.6. The third kappa shape index (κ3) is 5.05. The molecule has 0 fully saturated rings. The molecule has 156 valence electrons. The maximum Gasteiger partial charge on any atom is 0.323 e. The molecule has 2 amide bonds. The number of anilines is 2. The van der Waals surface area contributed by atoms with Gasteiger partial charge < -0.3 is 15.4 Å². The predicted molar refractivity (Wildman–Crippen MR) is 116 cm³/mol. The molecule has 4 rings (SSSR count). The molecule has 0 bridgehead atoms. The van der Waals surface area contributed by atoms with Crippen LogP contribution in [0.15, 0.2) is 77.7 Å². The first-order valence-electron chi connectivity index (χ1n) is 9.52. The maximum absolute atomic E-state index is 13.2. The first-order chi connectivity index (χ1) is 15.0. The summed E-state index contributed by atoms with van der Waals surface area (Å²) in [6, 6.07) is 17.0. The Morgan fingerprint density at radius 1 is 1.03 bits per heavy atom. The van der Waals surface area contributed by atoms with Crippen LogP contribution in [-0.2, 0) is 6.61 Å². The van der Waals surface area contributed by atoms with E-state index in [1.807, 2.05) is 13.0 Å². The molecule has 2 aromatic heterocycles. The summed E-state index contributed by atoms with van der Waals surface area (Å²) >= 11 is 0. The summed E-state index contributed by atoms with van der Waals surface area (Å²) in [5, 5.41) is 5.22. The molecule has 2 heterocycles. The summed E-state index contributed by atoms with van der Waals surface area (Å²) in [6.07, 6.45) is 1.74. The Kier molecular flexibility index (Phi) is 5.61. The van der Waals surface area contributed by atoms with E-state index in [1.54, 1.807) is 42.6 Å². The molecule has 2 aromatic carbocycles. The number of pyridine rings is 1. The van der Waals surface area contributed by atoms with Gasteiger partial charge in [-0.2, -0.15) is 0 Å². The van der Waals surface area contributed by atoms with E-state index < -0.39 is 11.8 Å². The van der Waals surface area contributed by atoms with Crippen molar-refractivity contribution in [3.63, 3.8) is 0 Å². The molecule has 2 N–H and O–H groups in total. The molecule has 0 aliphatic rings. The smallest absolute Gasteiger partial charge is 0.323 e. The first kappa shape index (κ1) is 20.1. The summed E-state index contributed by atoms with van der Waals surface area (Å²) in [7, 11) is 0. The Balaban J connectivity index is 1.42. The van der Waals surface area contributed by atoms with Crippen LogP contribution in [0.1, 0.15) is 11.3 Å². The summed E-state index contributed by atoms with van der Waals surface area (Å²) < 4.78 is 20.5. The van der Waals surface area contributed by atoms with Gasteiger partial charge in [-0.3, -0.25) is 9.20 Å². The highest BCUT2D eigenvalue weighted by molar-refractivity contribution is 5.99.